The molecule has 1 aromatic heterocycles. The SMILES string of the molecule is CCCNc1cc(C(=O)NCC)cc(C(C)(C)C)n1. The highest BCUT2D eigenvalue weighted by molar-refractivity contribution is 5.95. The molecule has 1 heterocycles. The number of nitrogens with one attached hydrogen (secondary N) is 2. The first-order chi connectivity index (χ1) is 8.88. The van der Waals surface area contributed by atoms with Crippen LogP contribution in [0.3, 0.4) is 0 Å². The summed E-state index contributed by atoms with van der Waals surface area (Å²) in [6, 6.07) is 3.69. The minimum absolute atomic E-state index is 0.0463. The molecule has 0 aromatic carbocycles. The second kappa shape index (κ2) is 6.55. The van der Waals surface area contributed by atoms with Crippen LogP contribution in [0, 0.1) is 0 Å². The van der Waals surface area contributed by atoms with Gasteiger partial charge in [0.2, 0.25) is 0 Å². The van der Waals surface area contributed by atoms with Crippen molar-refractivity contribution in [3.63, 3.8) is 0 Å². The largest absolute Gasteiger partial charge is 0.370 e. The van der Waals surface area contributed by atoms with Gasteiger partial charge >= 0.3 is 0 Å². The minimum atomic E-state index is -0.0782. The summed E-state index contributed by atoms with van der Waals surface area (Å²) in [5.41, 5.74) is 1.51. The maximum absolute atomic E-state index is 12.0. The number of anilines is 1. The molecule has 106 valence electrons. The summed E-state index contributed by atoms with van der Waals surface area (Å²) in [6.45, 7) is 11.8. The summed E-state index contributed by atoms with van der Waals surface area (Å²) in [5, 5.41) is 6.08. The van der Waals surface area contributed by atoms with Crippen LogP contribution >= 0.6 is 0 Å². The van der Waals surface area contributed by atoms with E-state index in [0.29, 0.717) is 12.1 Å². The second-order valence-electron chi connectivity index (χ2n) is 5.66. The Morgan fingerprint density at radius 1 is 1.26 bits per heavy atom. The van der Waals surface area contributed by atoms with Crippen molar-refractivity contribution >= 4 is 11.7 Å². The van der Waals surface area contributed by atoms with E-state index in [2.05, 4.69) is 43.3 Å². The van der Waals surface area contributed by atoms with E-state index in [9.17, 15) is 4.79 Å². The summed E-state index contributed by atoms with van der Waals surface area (Å²) in [5.74, 6) is 0.727. The van der Waals surface area contributed by atoms with Crippen LogP contribution in [0.15, 0.2) is 12.1 Å². The van der Waals surface area contributed by atoms with Gasteiger partial charge in [-0.1, -0.05) is 27.7 Å². The Labute approximate surface area is 116 Å². The Morgan fingerprint density at radius 2 is 1.95 bits per heavy atom. The minimum Gasteiger partial charge on any atom is -0.370 e. The fourth-order valence-electron chi connectivity index (χ4n) is 1.65. The van der Waals surface area contributed by atoms with Crippen LogP contribution in [-0.2, 0) is 5.41 Å². The van der Waals surface area contributed by atoms with Gasteiger partial charge in [0.25, 0.3) is 5.91 Å². The highest BCUT2D eigenvalue weighted by atomic mass is 16.1. The van der Waals surface area contributed by atoms with Gasteiger partial charge in [0.05, 0.1) is 0 Å². The zero-order valence-electron chi connectivity index (χ0n) is 12.6. The van der Waals surface area contributed by atoms with Crippen molar-refractivity contribution in [2.45, 2.75) is 46.5 Å². The third kappa shape index (κ3) is 4.54. The summed E-state index contributed by atoms with van der Waals surface area (Å²) in [7, 11) is 0. The molecule has 0 spiro atoms. The molecular weight excluding hydrogens is 238 g/mol. The van der Waals surface area contributed by atoms with E-state index in [4.69, 9.17) is 0 Å². The van der Waals surface area contributed by atoms with Crippen LogP contribution < -0.4 is 10.6 Å². The molecule has 0 radical (unpaired) electrons. The van der Waals surface area contributed by atoms with Crippen molar-refractivity contribution in [1.29, 1.82) is 0 Å². The molecule has 0 saturated carbocycles. The number of carbonyl (C=O) groups is 1. The molecule has 4 nitrogen and oxygen atoms in total. The summed E-state index contributed by atoms with van der Waals surface area (Å²) in [4.78, 5) is 16.6. The quantitative estimate of drug-likeness (QED) is 0.858. The maximum atomic E-state index is 12.0. The molecule has 0 aliphatic rings. The van der Waals surface area contributed by atoms with E-state index in [-0.39, 0.29) is 11.3 Å². The first-order valence-electron chi connectivity index (χ1n) is 6.93. The van der Waals surface area contributed by atoms with Crippen LogP contribution in [0.1, 0.15) is 57.1 Å². The second-order valence-corrected chi connectivity index (χ2v) is 5.66. The lowest BCUT2D eigenvalue weighted by molar-refractivity contribution is 0.0955. The standard InChI is InChI=1S/C15H25N3O/c1-6-8-17-13-10-11(14(19)16-7-2)9-12(18-13)15(3,4)5/h9-10H,6-8H2,1-5H3,(H,16,19)(H,17,18). The van der Waals surface area contributed by atoms with Crippen molar-refractivity contribution in [3.05, 3.63) is 23.4 Å². The number of nitrogens with zero attached hydrogens (tertiary/aromatic N) is 1. The lowest BCUT2D eigenvalue weighted by Crippen LogP contribution is -2.24. The van der Waals surface area contributed by atoms with Crippen LogP contribution in [0.5, 0.6) is 0 Å². The topological polar surface area (TPSA) is 54.0 Å². The molecule has 19 heavy (non-hydrogen) atoms. The van der Waals surface area contributed by atoms with Gasteiger partial charge in [0.15, 0.2) is 0 Å². The normalized spacial score (nSPS) is 11.2. The van der Waals surface area contributed by atoms with Gasteiger partial charge < -0.3 is 10.6 Å². The van der Waals surface area contributed by atoms with E-state index >= 15 is 0 Å². The average molecular weight is 263 g/mol. The highest BCUT2D eigenvalue weighted by Crippen LogP contribution is 2.23. The van der Waals surface area contributed by atoms with Gasteiger partial charge in [-0.2, -0.15) is 0 Å². The predicted molar refractivity (Wildman–Crippen MR) is 79.7 cm³/mol. The van der Waals surface area contributed by atoms with Crippen molar-refractivity contribution < 1.29 is 4.79 Å². The van der Waals surface area contributed by atoms with E-state index in [1.165, 1.54) is 0 Å². The smallest absolute Gasteiger partial charge is 0.251 e. The lowest BCUT2D eigenvalue weighted by Gasteiger charge is -2.20. The van der Waals surface area contributed by atoms with Gasteiger partial charge in [-0.3, -0.25) is 4.79 Å². The Morgan fingerprint density at radius 3 is 2.47 bits per heavy atom. The molecule has 0 unspecified atom stereocenters. The summed E-state index contributed by atoms with van der Waals surface area (Å²) < 4.78 is 0. The van der Waals surface area contributed by atoms with E-state index < -0.39 is 0 Å². The van der Waals surface area contributed by atoms with Gasteiger partial charge in [-0.25, -0.2) is 4.98 Å². The highest BCUT2D eigenvalue weighted by Gasteiger charge is 2.19. The van der Waals surface area contributed by atoms with E-state index in [1.807, 2.05) is 19.1 Å². The number of aromatic nitrogens is 1. The molecule has 0 atom stereocenters. The lowest BCUT2D eigenvalue weighted by atomic mass is 9.90. The number of hydrogen-bond acceptors (Lipinski definition) is 3. The Hall–Kier alpha value is -1.58. The molecule has 4 heteroatoms. The van der Waals surface area contributed by atoms with Crippen molar-refractivity contribution in [2.75, 3.05) is 18.4 Å². The number of carbonyl (C=O) groups excluding carboxylic acids is 1. The molecule has 0 aliphatic heterocycles. The molecule has 1 aromatic rings. The van der Waals surface area contributed by atoms with Crippen LogP contribution in [0.25, 0.3) is 0 Å². The molecule has 0 fully saturated rings. The summed E-state index contributed by atoms with van der Waals surface area (Å²) in [6.07, 6.45) is 1.03. The number of rotatable bonds is 5. The molecule has 0 saturated heterocycles. The van der Waals surface area contributed by atoms with Gasteiger partial charge in [0, 0.05) is 29.8 Å². The Kier molecular flexibility index (Phi) is 5.33. The third-order valence-electron chi connectivity index (χ3n) is 2.75. The first kappa shape index (κ1) is 15.5. The molecular formula is C15H25N3O. The predicted octanol–water partition coefficient (Wildman–Crippen LogP) is 2.95. The monoisotopic (exact) mass is 263 g/mol. The molecule has 0 aliphatic carbocycles. The summed E-state index contributed by atoms with van der Waals surface area (Å²) >= 11 is 0. The third-order valence-corrected chi connectivity index (χ3v) is 2.75. The van der Waals surface area contributed by atoms with E-state index in [0.717, 1.165) is 24.5 Å². The Balaban J connectivity index is 3.12. The van der Waals surface area contributed by atoms with Crippen molar-refractivity contribution in [3.8, 4) is 0 Å². The van der Waals surface area contributed by atoms with E-state index in [1.54, 1.807) is 0 Å². The zero-order chi connectivity index (χ0) is 14.5. The first-order valence-corrected chi connectivity index (χ1v) is 6.93. The Bertz CT molecular complexity index is 436. The number of pyridine rings is 1. The van der Waals surface area contributed by atoms with Crippen LogP contribution in [0.2, 0.25) is 0 Å². The molecule has 1 amide bonds. The van der Waals surface area contributed by atoms with Crippen LogP contribution in [-0.4, -0.2) is 24.0 Å². The van der Waals surface area contributed by atoms with Gasteiger partial charge in [0.1, 0.15) is 5.82 Å². The average Bonchev–Trinajstić information content (AvgIpc) is 2.35. The van der Waals surface area contributed by atoms with Crippen LogP contribution in [0.4, 0.5) is 5.82 Å². The maximum Gasteiger partial charge on any atom is 0.251 e. The molecule has 0 bridgehead atoms. The van der Waals surface area contributed by atoms with Gasteiger partial charge in [-0.05, 0) is 25.5 Å². The fourth-order valence-corrected chi connectivity index (χ4v) is 1.65. The number of hydrogen-bond donors (Lipinski definition) is 2. The fraction of sp³-hybridized carbons (Fsp3) is 0.600. The molecule has 2 N–H and O–H groups in total. The number of amides is 1. The molecule has 1 rings (SSSR count). The van der Waals surface area contributed by atoms with Gasteiger partial charge in [-0.15, -0.1) is 0 Å². The van der Waals surface area contributed by atoms with Crippen molar-refractivity contribution in [1.82, 2.24) is 10.3 Å². The zero-order valence-corrected chi connectivity index (χ0v) is 12.6. The van der Waals surface area contributed by atoms with Crippen molar-refractivity contribution in [2.24, 2.45) is 0 Å².